The molecule has 2 fully saturated rings. The molecule has 0 unspecified atom stereocenters. The van der Waals surface area contributed by atoms with Gasteiger partial charge in [0.1, 0.15) is 0 Å². The fourth-order valence-corrected chi connectivity index (χ4v) is 4.03. The van der Waals surface area contributed by atoms with Gasteiger partial charge in [-0.15, -0.1) is 0 Å². The predicted octanol–water partition coefficient (Wildman–Crippen LogP) is 3.09. The van der Waals surface area contributed by atoms with Crippen molar-refractivity contribution in [1.29, 1.82) is 0 Å². The number of carbonyl (C=O) groups excluding carboxylic acids is 1. The van der Waals surface area contributed by atoms with Crippen molar-refractivity contribution in [3.63, 3.8) is 0 Å². The average molecular weight is 344 g/mol. The Morgan fingerprint density at radius 3 is 2.68 bits per heavy atom. The number of hydrogen-bond acceptors (Lipinski definition) is 3. The Bertz CT molecular complexity index is 588. The van der Waals surface area contributed by atoms with Crippen LogP contribution < -0.4 is 0 Å². The summed E-state index contributed by atoms with van der Waals surface area (Å²) in [7, 11) is 0. The van der Waals surface area contributed by atoms with Crippen molar-refractivity contribution in [1.82, 2.24) is 9.80 Å². The highest BCUT2D eigenvalue weighted by Gasteiger charge is 2.31. The number of carbonyl (C=O) groups is 1. The number of amides is 1. The summed E-state index contributed by atoms with van der Waals surface area (Å²) in [5, 5.41) is 9.92. The van der Waals surface area contributed by atoms with Crippen LogP contribution in [0.3, 0.4) is 0 Å². The van der Waals surface area contributed by atoms with Crippen molar-refractivity contribution in [2.75, 3.05) is 26.2 Å². The summed E-state index contributed by atoms with van der Waals surface area (Å²) in [6, 6.07) is 8.33. The molecule has 2 heterocycles. The van der Waals surface area contributed by atoms with Gasteiger partial charge in [-0.3, -0.25) is 4.79 Å². The van der Waals surface area contributed by atoms with Crippen LogP contribution in [0.1, 0.15) is 61.9 Å². The first-order valence-electron chi connectivity index (χ1n) is 9.77. The van der Waals surface area contributed by atoms with Crippen LogP contribution in [-0.4, -0.2) is 58.6 Å². The zero-order valence-corrected chi connectivity index (χ0v) is 15.7. The number of aryl methyl sites for hydroxylation is 1. The van der Waals surface area contributed by atoms with E-state index in [1.54, 1.807) is 0 Å². The van der Waals surface area contributed by atoms with Gasteiger partial charge in [0, 0.05) is 24.7 Å². The molecule has 0 radical (unpaired) electrons. The van der Waals surface area contributed by atoms with Gasteiger partial charge in [-0.25, -0.2) is 0 Å². The van der Waals surface area contributed by atoms with Gasteiger partial charge in [0.2, 0.25) is 0 Å². The average Bonchev–Trinajstić information content (AvgIpc) is 3.24. The number of likely N-dealkylation sites (tertiary alicyclic amines) is 2. The van der Waals surface area contributed by atoms with Gasteiger partial charge >= 0.3 is 0 Å². The molecule has 2 aliphatic heterocycles. The molecule has 2 saturated heterocycles. The lowest BCUT2D eigenvalue weighted by molar-refractivity contribution is 0.0708. The Labute approximate surface area is 151 Å². The van der Waals surface area contributed by atoms with Crippen LogP contribution in [0.25, 0.3) is 0 Å². The number of benzene rings is 1. The molecule has 4 nitrogen and oxygen atoms in total. The maximum atomic E-state index is 13.0. The minimum atomic E-state index is -0.671. The first-order chi connectivity index (χ1) is 11.9. The molecule has 0 aromatic heterocycles. The fourth-order valence-electron chi connectivity index (χ4n) is 4.03. The molecule has 138 valence electrons. The lowest BCUT2D eigenvalue weighted by Crippen LogP contribution is -2.42. The van der Waals surface area contributed by atoms with Crippen molar-refractivity contribution >= 4 is 5.91 Å². The van der Waals surface area contributed by atoms with Crippen molar-refractivity contribution in [2.45, 2.75) is 64.0 Å². The third-order valence-electron chi connectivity index (χ3n) is 5.51. The van der Waals surface area contributed by atoms with Crippen molar-refractivity contribution in [2.24, 2.45) is 0 Å². The first kappa shape index (κ1) is 18.4. The molecular weight excluding hydrogens is 312 g/mol. The maximum Gasteiger partial charge on any atom is 0.254 e. The normalized spacial score (nSPS) is 21.9. The SMILES string of the molecule is CC(C)(O)CCc1cccc(C(=O)N2CCC[C@H]2CN2CCCC2)c1. The van der Waals surface area contributed by atoms with Gasteiger partial charge in [0.15, 0.2) is 0 Å². The Balaban J connectivity index is 1.64. The van der Waals surface area contributed by atoms with E-state index in [0.717, 1.165) is 43.5 Å². The molecule has 2 aliphatic rings. The summed E-state index contributed by atoms with van der Waals surface area (Å²) < 4.78 is 0. The summed E-state index contributed by atoms with van der Waals surface area (Å²) in [5.41, 5.74) is 1.25. The molecule has 0 aliphatic carbocycles. The zero-order chi connectivity index (χ0) is 17.9. The predicted molar refractivity (Wildman–Crippen MR) is 101 cm³/mol. The summed E-state index contributed by atoms with van der Waals surface area (Å²) in [5.74, 6) is 0.173. The smallest absolute Gasteiger partial charge is 0.254 e. The van der Waals surface area contributed by atoms with E-state index in [-0.39, 0.29) is 5.91 Å². The first-order valence-corrected chi connectivity index (χ1v) is 9.77. The molecule has 1 atom stereocenters. The Hall–Kier alpha value is -1.39. The standard InChI is InChI=1S/C21H32N2O2/c1-21(2,25)11-10-17-7-5-8-18(15-17)20(24)23-14-6-9-19(23)16-22-12-3-4-13-22/h5,7-8,15,19,25H,3-4,6,9-14,16H2,1-2H3/t19-/m0/s1. The molecular formula is C21H32N2O2. The number of hydrogen-bond donors (Lipinski definition) is 1. The molecule has 1 N–H and O–H groups in total. The van der Waals surface area contributed by atoms with E-state index in [0.29, 0.717) is 12.5 Å². The van der Waals surface area contributed by atoms with Gasteiger partial charge in [0.05, 0.1) is 5.60 Å². The van der Waals surface area contributed by atoms with Gasteiger partial charge in [-0.2, -0.15) is 0 Å². The molecule has 4 heteroatoms. The van der Waals surface area contributed by atoms with E-state index in [1.165, 1.54) is 25.9 Å². The molecule has 0 bridgehead atoms. The van der Waals surface area contributed by atoms with Crippen LogP contribution >= 0.6 is 0 Å². The minimum Gasteiger partial charge on any atom is -0.390 e. The highest BCUT2D eigenvalue weighted by Crippen LogP contribution is 2.23. The van der Waals surface area contributed by atoms with Crippen LogP contribution in [-0.2, 0) is 6.42 Å². The Kier molecular flexibility index (Phi) is 5.80. The van der Waals surface area contributed by atoms with Crippen LogP contribution in [0.5, 0.6) is 0 Å². The molecule has 0 saturated carbocycles. The maximum absolute atomic E-state index is 13.0. The second-order valence-corrected chi connectivity index (χ2v) is 8.32. The van der Waals surface area contributed by atoms with Gasteiger partial charge in [0.25, 0.3) is 5.91 Å². The topological polar surface area (TPSA) is 43.8 Å². The number of rotatable bonds is 6. The van der Waals surface area contributed by atoms with E-state index < -0.39 is 5.60 Å². The highest BCUT2D eigenvalue weighted by atomic mass is 16.3. The van der Waals surface area contributed by atoms with Gasteiger partial charge < -0.3 is 14.9 Å². The minimum absolute atomic E-state index is 0.173. The summed E-state index contributed by atoms with van der Waals surface area (Å²) in [4.78, 5) is 17.6. The van der Waals surface area contributed by atoms with Crippen molar-refractivity contribution < 1.29 is 9.90 Å². The largest absolute Gasteiger partial charge is 0.390 e. The number of aliphatic hydroxyl groups is 1. The Morgan fingerprint density at radius 1 is 1.20 bits per heavy atom. The Morgan fingerprint density at radius 2 is 1.96 bits per heavy atom. The molecule has 3 rings (SSSR count). The quantitative estimate of drug-likeness (QED) is 0.862. The second kappa shape index (κ2) is 7.88. The molecule has 1 amide bonds. The summed E-state index contributed by atoms with van der Waals surface area (Å²) in [6.07, 6.45) is 6.32. The molecule has 1 aromatic carbocycles. The molecule has 0 spiro atoms. The number of nitrogens with zero attached hydrogens (tertiary/aromatic N) is 2. The van der Waals surface area contributed by atoms with E-state index in [2.05, 4.69) is 9.80 Å². The van der Waals surface area contributed by atoms with E-state index >= 15 is 0 Å². The fraction of sp³-hybridized carbons (Fsp3) is 0.667. The van der Waals surface area contributed by atoms with Crippen LogP contribution in [0.2, 0.25) is 0 Å². The third kappa shape index (κ3) is 5.05. The van der Waals surface area contributed by atoms with E-state index in [4.69, 9.17) is 0 Å². The lowest BCUT2D eigenvalue weighted by Gasteiger charge is -2.28. The van der Waals surface area contributed by atoms with Gasteiger partial charge in [-0.05, 0) is 83.2 Å². The summed E-state index contributed by atoms with van der Waals surface area (Å²) >= 11 is 0. The van der Waals surface area contributed by atoms with Crippen LogP contribution in [0.4, 0.5) is 0 Å². The van der Waals surface area contributed by atoms with E-state index in [9.17, 15) is 9.90 Å². The highest BCUT2D eigenvalue weighted by molar-refractivity contribution is 5.94. The second-order valence-electron chi connectivity index (χ2n) is 8.32. The monoisotopic (exact) mass is 344 g/mol. The van der Waals surface area contributed by atoms with Crippen molar-refractivity contribution in [3.05, 3.63) is 35.4 Å². The van der Waals surface area contributed by atoms with Crippen LogP contribution in [0.15, 0.2) is 24.3 Å². The van der Waals surface area contributed by atoms with Crippen LogP contribution in [0, 0.1) is 0 Å². The summed E-state index contributed by atoms with van der Waals surface area (Å²) in [6.45, 7) is 7.94. The lowest BCUT2D eigenvalue weighted by atomic mass is 9.97. The molecule has 1 aromatic rings. The zero-order valence-electron chi connectivity index (χ0n) is 15.7. The third-order valence-corrected chi connectivity index (χ3v) is 5.51. The van der Waals surface area contributed by atoms with E-state index in [1.807, 2.05) is 38.1 Å². The molecule has 25 heavy (non-hydrogen) atoms. The van der Waals surface area contributed by atoms with Gasteiger partial charge in [-0.1, -0.05) is 12.1 Å². The van der Waals surface area contributed by atoms with Crippen molar-refractivity contribution in [3.8, 4) is 0 Å².